The van der Waals surface area contributed by atoms with Crippen LogP contribution >= 0.6 is 11.3 Å². The first kappa shape index (κ1) is 11.0. The molecule has 0 bridgehead atoms. The van der Waals surface area contributed by atoms with Crippen LogP contribution < -0.4 is 5.73 Å². The Hall–Kier alpha value is -1.88. The summed E-state index contributed by atoms with van der Waals surface area (Å²) in [6.07, 6.45) is 3.55. The van der Waals surface area contributed by atoms with Gasteiger partial charge in [0.05, 0.1) is 0 Å². The zero-order valence-electron chi connectivity index (χ0n) is 10.7. The van der Waals surface area contributed by atoms with Crippen molar-refractivity contribution in [2.75, 3.05) is 5.73 Å². The van der Waals surface area contributed by atoms with E-state index >= 15 is 0 Å². The van der Waals surface area contributed by atoms with Gasteiger partial charge in [-0.2, -0.15) is 0 Å². The fourth-order valence-electron chi connectivity index (χ4n) is 2.70. The van der Waals surface area contributed by atoms with Crippen molar-refractivity contribution in [3.8, 4) is 11.4 Å². The quantitative estimate of drug-likeness (QED) is 0.692. The average molecular weight is 270 g/mol. The van der Waals surface area contributed by atoms with Gasteiger partial charge in [0.1, 0.15) is 0 Å². The molecule has 0 saturated carbocycles. The van der Waals surface area contributed by atoms with Gasteiger partial charge in [0.2, 0.25) is 4.96 Å². The molecule has 0 amide bonds. The second kappa shape index (κ2) is 3.81. The van der Waals surface area contributed by atoms with Crippen molar-refractivity contribution in [3.05, 3.63) is 34.3 Å². The highest BCUT2D eigenvalue weighted by Crippen LogP contribution is 2.34. The predicted octanol–water partition coefficient (Wildman–Crippen LogP) is 2.84. The summed E-state index contributed by atoms with van der Waals surface area (Å²) in [4.78, 5) is 2.46. The van der Waals surface area contributed by atoms with Gasteiger partial charge in [-0.05, 0) is 37.8 Å². The number of hydrogen-bond donors (Lipinski definition) is 1. The Bertz CT molecular complexity index is 784. The van der Waals surface area contributed by atoms with E-state index in [-0.39, 0.29) is 0 Å². The maximum atomic E-state index is 6.00. The normalized spacial score (nSPS) is 14.2. The summed E-state index contributed by atoms with van der Waals surface area (Å²) in [5.74, 6) is 0.918. The lowest BCUT2D eigenvalue weighted by molar-refractivity contribution is 0.888. The standard InChI is InChI=1S/C14H14N4S/c1-8-5-6-9(7-10(8)15)13-16-17-14-18(13)11-3-2-4-12(11)19-14/h5-7H,2-4,15H2,1H3. The van der Waals surface area contributed by atoms with E-state index in [1.54, 1.807) is 11.3 Å². The number of thiazole rings is 1. The number of rotatable bonds is 1. The van der Waals surface area contributed by atoms with Crippen LogP contribution in [0, 0.1) is 6.92 Å². The first-order chi connectivity index (χ1) is 9.24. The fraction of sp³-hybridized carbons (Fsp3) is 0.286. The Morgan fingerprint density at radius 2 is 2.16 bits per heavy atom. The van der Waals surface area contributed by atoms with Gasteiger partial charge in [-0.3, -0.25) is 4.40 Å². The third-order valence-corrected chi connectivity index (χ3v) is 4.93. The molecular weight excluding hydrogens is 256 g/mol. The van der Waals surface area contributed by atoms with Gasteiger partial charge in [-0.25, -0.2) is 0 Å². The lowest BCUT2D eigenvalue weighted by Crippen LogP contribution is -1.95. The number of hydrogen-bond acceptors (Lipinski definition) is 4. The Morgan fingerprint density at radius 1 is 1.26 bits per heavy atom. The van der Waals surface area contributed by atoms with E-state index in [2.05, 4.69) is 20.7 Å². The Kier molecular flexibility index (Phi) is 2.20. The molecule has 1 aromatic carbocycles. The monoisotopic (exact) mass is 270 g/mol. The average Bonchev–Trinajstić information content (AvgIpc) is 3.03. The molecule has 0 aliphatic heterocycles. The van der Waals surface area contributed by atoms with Crippen LogP contribution in [0.3, 0.4) is 0 Å². The molecule has 1 aliphatic rings. The van der Waals surface area contributed by atoms with Crippen LogP contribution in [0.2, 0.25) is 0 Å². The second-order valence-electron chi connectivity index (χ2n) is 5.04. The smallest absolute Gasteiger partial charge is 0.216 e. The minimum Gasteiger partial charge on any atom is -0.398 e. The largest absolute Gasteiger partial charge is 0.398 e. The Balaban J connectivity index is 1.97. The van der Waals surface area contributed by atoms with Gasteiger partial charge >= 0.3 is 0 Å². The third kappa shape index (κ3) is 1.51. The van der Waals surface area contributed by atoms with Crippen molar-refractivity contribution in [1.29, 1.82) is 0 Å². The van der Waals surface area contributed by atoms with Crippen molar-refractivity contribution in [1.82, 2.24) is 14.6 Å². The Morgan fingerprint density at radius 3 is 3.00 bits per heavy atom. The molecule has 96 valence electrons. The zero-order valence-corrected chi connectivity index (χ0v) is 11.5. The second-order valence-corrected chi connectivity index (χ2v) is 6.10. The molecule has 0 saturated heterocycles. The number of fused-ring (bicyclic) bond motifs is 3. The van der Waals surface area contributed by atoms with E-state index in [0.717, 1.165) is 34.0 Å². The van der Waals surface area contributed by atoms with Crippen LogP contribution in [0.15, 0.2) is 18.2 Å². The summed E-state index contributed by atoms with van der Waals surface area (Å²) < 4.78 is 2.21. The van der Waals surface area contributed by atoms with Crippen molar-refractivity contribution >= 4 is 22.0 Å². The molecule has 4 nitrogen and oxygen atoms in total. The summed E-state index contributed by atoms with van der Waals surface area (Å²) in [7, 11) is 0. The van der Waals surface area contributed by atoms with Crippen LogP contribution in [0.25, 0.3) is 16.3 Å². The van der Waals surface area contributed by atoms with Crippen LogP contribution in [0.5, 0.6) is 0 Å². The molecule has 0 radical (unpaired) electrons. The number of nitrogens with two attached hydrogens (primary N) is 1. The number of benzene rings is 1. The number of aryl methyl sites for hydroxylation is 3. The van der Waals surface area contributed by atoms with Gasteiger partial charge in [0.15, 0.2) is 5.82 Å². The van der Waals surface area contributed by atoms with E-state index in [9.17, 15) is 0 Å². The predicted molar refractivity (Wildman–Crippen MR) is 77.5 cm³/mol. The van der Waals surface area contributed by atoms with Crippen LogP contribution in [0.4, 0.5) is 5.69 Å². The first-order valence-electron chi connectivity index (χ1n) is 6.46. The lowest BCUT2D eigenvalue weighted by atomic mass is 10.1. The van der Waals surface area contributed by atoms with E-state index in [1.165, 1.54) is 23.4 Å². The molecule has 0 unspecified atom stereocenters. The summed E-state index contributed by atoms with van der Waals surface area (Å²) in [5.41, 5.74) is 10.3. The Labute approximate surface area is 114 Å². The minimum absolute atomic E-state index is 0.807. The summed E-state index contributed by atoms with van der Waals surface area (Å²) >= 11 is 1.77. The molecule has 2 N–H and O–H groups in total. The number of nitrogens with zero attached hydrogens (tertiary/aromatic N) is 3. The summed E-state index contributed by atoms with van der Waals surface area (Å²) in [6, 6.07) is 6.10. The molecule has 2 heterocycles. The highest BCUT2D eigenvalue weighted by molar-refractivity contribution is 7.17. The van der Waals surface area contributed by atoms with Crippen molar-refractivity contribution in [2.24, 2.45) is 0 Å². The van der Waals surface area contributed by atoms with Crippen LogP contribution in [-0.2, 0) is 12.8 Å². The fourth-order valence-corrected chi connectivity index (χ4v) is 3.85. The van der Waals surface area contributed by atoms with Crippen LogP contribution in [-0.4, -0.2) is 14.6 Å². The highest BCUT2D eigenvalue weighted by atomic mass is 32.1. The highest BCUT2D eigenvalue weighted by Gasteiger charge is 2.22. The molecular formula is C14H14N4S. The van der Waals surface area contributed by atoms with E-state index < -0.39 is 0 Å². The minimum atomic E-state index is 0.807. The van der Waals surface area contributed by atoms with Crippen LogP contribution in [0.1, 0.15) is 22.6 Å². The summed E-state index contributed by atoms with van der Waals surface area (Å²) in [6.45, 7) is 2.01. The maximum absolute atomic E-state index is 6.00. The number of nitrogen functional groups attached to an aromatic ring is 1. The third-order valence-electron chi connectivity index (χ3n) is 3.79. The molecule has 1 aliphatic carbocycles. The van der Waals surface area contributed by atoms with Crippen molar-refractivity contribution in [2.45, 2.75) is 26.2 Å². The topological polar surface area (TPSA) is 56.2 Å². The maximum Gasteiger partial charge on any atom is 0.216 e. The van der Waals surface area contributed by atoms with Crippen molar-refractivity contribution in [3.63, 3.8) is 0 Å². The van der Waals surface area contributed by atoms with E-state index in [1.807, 2.05) is 19.1 Å². The molecule has 3 aromatic rings. The van der Waals surface area contributed by atoms with Gasteiger partial charge in [-0.1, -0.05) is 23.5 Å². The van der Waals surface area contributed by atoms with Gasteiger partial charge < -0.3 is 5.73 Å². The van der Waals surface area contributed by atoms with E-state index in [0.29, 0.717) is 0 Å². The van der Waals surface area contributed by atoms with Gasteiger partial charge in [0, 0.05) is 21.8 Å². The number of anilines is 1. The SMILES string of the molecule is Cc1ccc(-c2nnc3sc4c(n23)CCC4)cc1N. The molecule has 4 rings (SSSR count). The van der Waals surface area contributed by atoms with Gasteiger partial charge in [0.25, 0.3) is 0 Å². The molecule has 19 heavy (non-hydrogen) atoms. The molecule has 0 fully saturated rings. The first-order valence-corrected chi connectivity index (χ1v) is 7.28. The summed E-state index contributed by atoms with van der Waals surface area (Å²) in [5, 5.41) is 8.64. The zero-order chi connectivity index (χ0) is 13.0. The number of aromatic nitrogens is 3. The lowest BCUT2D eigenvalue weighted by Gasteiger charge is -2.04. The van der Waals surface area contributed by atoms with Gasteiger partial charge in [-0.15, -0.1) is 10.2 Å². The van der Waals surface area contributed by atoms with E-state index in [4.69, 9.17) is 5.73 Å². The molecule has 0 spiro atoms. The molecule has 2 aromatic heterocycles. The molecule has 5 heteroatoms. The van der Waals surface area contributed by atoms with Crippen molar-refractivity contribution < 1.29 is 0 Å². The molecule has 0 atom stereocenters.